The zero-order valence-electron chi connectivity index (χ0n) is 15.5. The maximum Gasteiger partial charge on any atom is 0.222 e. The molecule has 0 aromatic rings. The summed E-state index contributed by atoms with van der Waals surface area (Å²) in [6.45, 7) is 3.46. The van der Waals surface area contributed by atoms with Crippen LogP contribution in [0.2, 0.25) is 0 Å². The van der Waals surface area contributed by atoms with Gasteiger partial charge in [-0.25, -0.2) is 0 Å². The summed E-state index contributed by atoms with van der Waals surface area (Å²) >= 11 is 0. The molecule has 0 aliphatic heterocycles. The molecular formula is C18H36N2O5. The number of ether oxygens (including phenoxy) is 2. The predicted molar refractivity (Wildman–Crippen MR) is 98.4 cm³/mol. The van der Waals surface area contributed by atoms with Crippen LogP contribution in [0.15, 0.2) is 0 Å². The molecule has 0 aromatic heterocycles. The van der Waals surface area contributed by atoms with E-state index in [-0.39, 0.29) is 26.6 Å². The van der Waals surface area contributed by atoms with Crippen molar-refractivity contribution in [3.8, 4) is 0 Å². The van der Waals surface area contributed by atoms with Crippen molar-refractivity contribution in [3.63, 3.8) is 0 Å². The van der Waals surface area contributed by atoms with E-state index in [1.807, 2.05) is 6.92 Å². The van der Waals surface area contributed by atoms with E-state index < -0.39 is 0 Å². The second-order valence-electron chi connectivity index (χ2n) is 6.39. The second-order valence-corrected chi connectivity index (χ2v) is 6.39. The molecule has 0 radical (unpaired) electrons. The highest BCUT2D eigenvalue weighted by molar-refractivity contribution is 5.81. The molecule has 1 saturated carbocycles. The molecule has 0 unspecified atom stereocenters. The number of Topliss-reactive ketones (excluding diaryl/α,β-unsaturated/α-hetero) is 1. The average Bonchev–Trinajstić information content (AvgIpc) is 2.62. The first-order chi connectivity index (χ1) is 12.1. The van der Waals surface area contributed by atoms with Gasteiger partial charge in [0.05, 0.1) is 19.8 Å². The van der Waals surface area contributed by atoms with Crippen LogP contribution in [-0.2, 0) is 23.9 Å². The molecule has 1 aliphatic rings. The van der Waals surface area contributed by atoms with Gasteiger partial charge in [0.25, 0.3) is 0 Å². The van der Waals surface area contributed by atoms with E-state index in [9.17, 15) is 14.4 Å². The fraction of sp³-hybridized carbons (Fsp3) is 0.833. The fourth-order valence-corrected chi connectivity index (χ4v) is 2.96. The number of ketones is 1. The Hall–Kier alpha value is -1.47. The Morgan fingerprint density at radius 3 is 2.32 bits per heavy atom. The number of amides is 2. The lowest BCUT2D eigenvalue weighted by molar-refractivity contribution is -0.125. The summed E-state index contributed by atoms with van der Waals surface area (Å²) in [6, 6.07) is 0.175. The molecule has 0 saturated heterocycles. The lowest BCUT2D eigenvalue weighted by Crippen LogP contribution is -2.39. The molecule has 1 aliphatic carbocycles. The van der Waals surface area contributed by atoms with Gasteiger partial charge in [0.2, 0.25) is 11.8 Å². The van der Waals surface area contributed by atoms with Crippen molar-refractivity contribution in [1.82, 2.24) is 10.6 Å². The van der Waals surface area contributed by atoms with Gasteiger partial charge in [-0.1, -0.05) is 6.92 Å². The summed E-state index contributed by atoms with van der Waals surface area (Å²) in [5, 5.41) is 5.73. The summed E-state index contributed by atoms with van der Waals surface area (Å²) in [4.78, 5) is 34.9. The van der Waals surface area contributed by atoms with Crippen LogP contribution in [0.1, 0.15) is 54.7 Å². The molecule has 0 aromatic carbocycles. The Morgan fingerprint density at radius 2 is 1.68 bits per heavy atom. The Bertz CT molecular complexity index is 430. The van der Waals surface area contributed by atoms with Crippen molar-refractivity contribution in [1.29, 1.82) is 0 Å². The van der Waals surface area contributed by atoms with Crippen LogP contribution in [0, 0.1) is 5.92 Å². The maximum absolute atomic E-state index is 11.9. The average molecular weight is 360 g/mol. The molecule has 1 rings (SSSR count). The van der Waals surface area contributed by atoms with E-state index in [1.165, 1.54) is 0 Å². The first-order valence-corrected chi connectivity index (χ1v) is 9.22. The van der Waals surface area contributed by atoms with E-state index in [4.69, 9.17) is 9.47 Å². The monoisotopic (exact) mass is 360 g/mol. The number of nitrogens with one attached hydrogen (secondary N) is 2. The van der Waals surface area contributed by atoms with Crippen molar-refractivity contribution < 1.29 is 26.7 Å². The minimum atomic E-state index is -0.0691. The van der Waals surface area contributed by atoms with Crippen molar-refractivity contribution in [2.24, 2.45) is 5.92 Å². The number of hydrogen-bond donors (Lipinski definition) is 2. The van der Waals surface area contributed by atoms with E-state index in [0.717, 1.165) is 25.7 Å². The Balaban J connectivity index is 0. The molecule has 7 heteroatoms. The van der Waals surface area contributed by atoms with Crippen LogP contribution in [-0.4, -0.2) is 57.1 Å². The number of hydrogen-bond acceptors (Lipinski definition) is 5. The van der Waals surface area contributed by atoms with Gasteiger partial charge < -0.3 is 20.1 Å². The maximum atomic E-state index is 11.9. The van der Waals surface area contributed by atoms with Gasteiger partial charge in [0, 0.05) is 47.7 Å². The summed E-state index contributed by atoms with van der Waals surface area (Å²) in [7, 11) is 1.55. The first kappa shape index (κ1) is 21.6. The van der Waals surface area contributed by atoms with Gasteiger partial charge in [0.1, 0.15) is 5.78 Å². The lowest BCUT2D eigenvalue weighted by atomic mass is 9.83. The van der Waals surface area contributed by atoms with E-state index in [2.05, 4.69) is 10.6 Å². The molecule has 2 N–H and O–H groups in total. The SMILES string of the molecule is CCC(=O)C1CCC(NC(=O)CCOCCNC(=O)CCOC)CC1.[HH].[HH]. The first-order valence-electron chi connectivity index (χ1n) is 9.22. The molecule has 0 spiro atoms. The molecule has 25 heavy (non-hydrogen) atoms. The zero-order valence-corrected chi connectivity index (χ0v) is 15.5. The minimum Gasteiger partial charge on any atom is -0.384 e. The van der Waals surface area contributed by atoms with Crippen LogP contribution < -0.4 is 10.6 Å². The van der Waals surface area contributed by atoms with E-state index >= 15 is 0 Å². The second kappa shape index (κ2) is 12.8. The standard InChI is InChI=1S/C18H32N2O5.2H2/c1-3-16(21)14-4-6-15(7-5-14)20-18(23)9-12-25-13-10-19-17(22)8-11-24-2;;/h14-15H,3-13H2,1-2H3,(H,19,22)(H,20,23);2*1H. The number of carbonyl (C=O) groups excluding carboxylic acids is 3. The molecule has 0 bridgehead atoms. The van der Waals surface area contributed by atoms with Gasteiger partial charge in [-0.15, -0.1) is 0 Å². The minimum absolute atomic E-state index is 0. The van der Waals surface area contributed by atoms with Crippen molar-refractivity contribution in [2.45, 2.75) is 57.9 Å². The highest BCUT2D eigenvalue weighted by atomic mass is 16.5. The zero-order chi connectivity index (χ0) is 18.5. The summed E-state index contributed by atoms with van der Waals surface area (Å²) in [5.74, 6) is 0.433. The van der Waals surface area contributed by atoms with Gasteiger partial charge in [-0.2, -0.15) is 0 Å². The van der Waals surface area contributed by atoms with Gasteiger partial charge >= 0.3 is 0 Å². The van der Waals surface area contributed by atoms with Crippen LogP contribution in [0.4, 0.5) is 0 Å². The van der Waals surface area contributed by atoms with Crippen LogP contribution >= 0.6 is 0 Å². The summed E-state index contributed by atoms with van der Waals surface area (Å²) in [6.07, 6.45) is 4.74. The van der Waals surface area contributed by atoms with Crippen molar-refractivity contribution in [3.05, 3.63) is 0 Å². The van der Waals surface area contributed by atoms with E-state index in [0.29, 0.717) is 51.4 Å². The molecule has 148 valence electrons. The lowest BCUT2D eigenvalue weighted by Gasteiger charge is -2.28. The normalized spacial score (nSPS) is 20.1. The molecule has 7 nitrogen and oxygen atoms in total. The van der Waals surface area contributed by atoms with Crippen molar-refractivity contribution in [2.75, 3.05) is 33.5 Å². The van der Waals surface area contributed by atoms with Crippen molar-refractivity contribution >= 4 is 17.6 Å². The van der Waals surface area contributed by atoms with Gasteiger partial charge in [0.15, 0.2) is 0 Å². The molecule has 0 atom stereocenters. The third-order valence-electron chi connectivity index (χ3n) is 4.47. The fourth-order valence-electron chi connectivity index (χ4n) is 2.96. The predicted octanol–water partition coefficient (Wildman–Crippen LogP) is 1.69. The van der Waals surface area contributed by atoms with Crippen LogP contribution in [0.5, 0.6) is 0 Å². The molecular weight excluding hydrogens is 324 g/mol. The number of rotatable bonds is 12. The van der Waals surface area contributed by atoms with Gasteiger partial charge in [-0.05, 0) is 25.7 Å². The largest absolute Gasteiger partial charge is 0.384 e. The topological polar surface area (TPSA) is 93.7 Å². The Morgan fingerprint density at radius 1 is 1.00 bits per heavy atom. The van der Waals surface area contributed by atoms with Gasteiger partial charge in [-0.3, -0.25) is 14.4 Å². The summed E-state index contributed by atoms with van der Waals surface area (Å²) < 4.78 is 10.2. The quantitative estimate of drug-likeness (QED) is 0.517. The highest BCUT2D eigenvalue weighted by Crippen LogP contribution is 2.25. The Labute approximate surface area is 153 Å². The van der Waals surface area contributed by atoms with E-state index in [1.54, 1.807) is 7.11 Å². The summed E-state index contributed by atoms with van der Waals surface area (Å²) in [5.41, 5.74) is 0. The third kappa shape index (κ3) is 9.55. The number of methoxy groups -OCH3 is 1. The highest BCUT2D eigenvalue weighted by Gasteiger charge is 2.25. The molecule has 1 fully saturated rings. The Kier molecular flexibility index (Phi) is 11.1. The third-order valence-corrected chi connectivity index (χ3v) is 4.47. The molecule has 2 amide bonds. The smallest absolute Gasteiger partial charge is 0.222 e. The van der Waals surface area contributed by atoms with Crippen LogP contribution in [0.25, 0.3) is 0 Å². The molecule has 0 heterocycles. The van der Waals surface area contributed by atoms with Crippen LogP contribution in [0.3, 0.4) is 0 Å². The number of carbonyl (C=O) groups is 3.